The van der Waals surface area contributed by atoms with Gasteiger partial charge in [0.05, 0.1) is 0 Å². The molecule has 0 aliphatic carbocycles. The van der Waals surface area contributed by atoms with Crippen LogP contribution in [0.2, 0.25) is 0 Å². The Morgan fingerprint density at radius 3 is 2.31 bits per heavy atom. The molecule has 1 N–H and O–H groups in total. The highest BCUT2D eigenvalue weighted by atomic mass is 16.2. The molecule has 1 fully saturated rings. The number of hydrogen-bond acceptors (Lipinski definition) is 2. The summed E-state index contributed by atoms with van der Waals surface area (Å²) in [5.41, 5.74) is 2.31. The van der Waals surface area contributed by atoms with Crippen LogP contribution in [0.4, 0.5) is 10.5 Å². The number of piperidine rings is 1. The average Bonchev–Trinajstić information content (AvgIpc) is 2.69. The van der Waals surface area contributed by atoms with Crippen molar-refractivity contribution < 1.29 is 4.79 Å². The van der Waals surface area contributed by atoms with Gasteiger partial charge in [0, 0.05) is 18.3 Å². The Morgan fingerprint density at radius 1 is 1.04 bits per heavy atom. The number of aryl methyl sites for hydroxylation is 1. The molecule has 4 heteroatoms. The Labute approximate surface area is 156 Å². The Hall–Kier alpha value is -2.33. The predicted molar refractivity (Wildman–Crippen MR) is 108 cm³/mol. The SMILES string of the molecule is CN1CCC(N(C(=O)NCCCc2ccccc2)c2ccccc2)CC1. The molecule has 0 unspecified atom stereocenters. The van der Waals surface area contributed by atoms with Gasteiger partial charge in [-0.2, -0.15) is 0 Å². The number of para-hydroxylation sites is 1. The summed E-state index contributed by atoms with van der Waals surface area (Å²) >= 11 is 0. The molecule has 3 rings (SSSR count). The zero-order chi connectivity index (χ0) is 18.2. The Balaban J connectivity index is 1.58. The van der Waals surface area contributed by atoms with Gasteiger partial charge < -0.3 is 10.2 Å². The molecule has 138 valence electrons. The first-order chi connectivity index (χ1) is 12.7. The first kappa shape index (κ1) is 18.5. The third-order valence-electron chi connectivity index (χ3n) is 5.07. The van der Waals surface area contributed by atoms with Gasteiger partial charge in [0.1, 0.15) is 0 Å². The molecule has 26 heavy (non-hydrogen) atoms. The maximum atomic E-state index is 12.9. The van der Waals surface area contributed by atoms with Gasteiger partial charge in [-0.05, 0) is 63.5 Å². The van der Waals surface area contributed by atoms with Crippen LogP contribution in [0, 0.1) is 0 Å². The largest absolute Gasteiger partial charge is 0.338 e. The lowest BCUT2D eigenvalue weighted by Crippen LogP contribution is -2.50. The minimum atomic E-state index is 0.0267. The molecule has 4 nitrogen and oxygen atoms in total. The van der Waals surface area contributed by atoms with E-state index in [-0.39, 0.29) is 12.1 Å². The summed E-state index contributed by atoms with van der Waals surface area (Å²) in [4.78, 5) is 17.2. The van der Waals surface area contributed by atoms with Crippen molar-refractivity contribution in [1.29, 1.82) is 0 Å². The molecular weight excluding hydrogens is 322 g/mol. The first-order valence-electron chi connectivity index (χ1n) is 9.58. The topological polar surface area (TPSA) is 35.6 Å². The second-order valence-corrected chi connectivity index (χ2v) is 7.06. The number of likely N-dealkylation sites (tertiary alicyclic amines) is 1. The van der Waals surface area contributed by atoms with E-state index < -0.39 is 0 Å². The van der Waals surface area contributed by atoms with Gasteiger partial charge in [0.2, 0.25) is 0 Å². The van der Waals surface area contributed by atoms with Crippen LogP contribution in [0.25, 0.3) is 0 Å². The average molecular weight is 351 g/mol. The minimum Gasteiger partial charge on any atom is -0.338 e. The van der Waals surface area contributed by atoms with Crippen molar-refractivity contribution in [2.24, 2.45) is 0 Å². The van der Waals surface area contributed by atoms with E-state index in [2.05, 4.69) is 41.5 Å². The number of carbonyl (C=O) groups is 1. The van der Waals surface area contributed by atoms with Crippen LogP contribution in [0.3, 0.4) is 0 Å². The van der Waals surface area contributed by atoms with E-state index in [9.17, 15) is 4.79 Å². The monoisotopic (exact) mass is 351 g/mol. The summed E-state index contributed by atoms with van der Waals surface area (Å²) in [7, 11) is 2.15. The Morgan fingerprint density at radius 2 is 1.65 bits per heavy atom. The van der Waals surface area contributed by atoms with Crippen molar-refractivity contribution in [3.63, 3.8) is 0 Å². The van der Waals surface area contributed by atoms with E-state index >= 15 is 0 Å². The van der Waals surface area contributed by atoms with Gasteiger partial charge in [0.25, 0.3) is 0 Å². The summed E-state index contributed by atoms with van der Waals surface area (Å²) < 4.78 is 0. The molecule has 1 aliphatic rings. The molecule has 0 spiro atoms. The van der Waals surface area contributed by atoms with Crippen LogP contribution in [0.1, 0.15) is 24.8 Å². The first-order valence-corrected chi connectivity index (χ1v) is 9.58. The standard InChI is InChI=1S/C22H29N3O/c1-24-17-14-21(15-18-24)25(20-12-6-3-7-13-20)22(26)23-16-8-11-19-9-4-2-5-10-19/h2-7,9-10,12-13,21H,8,11,14-18H2,1H3,(H,23,26). The number of carbonyl (C=O) groups excluding carboxylic acids is 1. The number of hydrogen-bond donors (Lipinski definition) is 1. The fourth-order valence-corrected chi connectivity index (χ4v) is 3.55. The van der Waals surface area contributed by atoms with Crippen molar-refractivity contribution in [2.75, 3.05) is 31.6 Å². The van der Waals surface area contributed by atoms with Crippen LogP contribution in [0.5, 0.6) is 0 Å². The smallest absolute Gasteiger partial charge is 0.322 e. The maximum absolute atomic E-state index is 12.9. The van der Waals surface area contributed by atoms with Crippen LogP contribution >= 0.6 is 0 Å². The van der Waals surface area contributed by atoms with E-state index in [0.29, 0.717) is 6.54 Å². The second-order valence-electron chi connectivity index (χ2n) is 7.06. The molecule has 0 aromatic heterocycles. The Bertz CT molecular complexity index is 666. The molecule has 0 saturated carbocycles. The van der Waals surface area contributed by atoms with Crippen LogP contribution in [-0.4, -0.2) is 43.7 Å². The number of urea groups is 1. The number of rotatable bonds is 6. The molecule has 2 aromatic rings. The van der Waals surface area contributed by atoms with E-state index in [1.165, 1.54) is 5.56 Å². The normalized spacial score (nSPS) is 15.6. The van der Waals surface area contributed by atoms with Gasteiger partial charge in [-0.15, -0.1) is 0 Å². The molecule has 2 aromatic carbocycles. The summed E-state index contributed by atoms with van der Waals surface area (Å²) in [6, 6.07) is 20.8. The zero-order valence-electron chi connectivity index (χ0n) is 15.6. The third kappa shape index (κ3) is 5.09. The van der Waals surface area contributed by atoms with E-state index in [1.807, 2.05) is 41.3 Å². The Kier molecular flexibility index (Phi) is 6.67. The molecular formula is C22H29N3O. The van der Waals surface area contributed by atoms with E-state index in [1.54, 1.807) is 0 Å². The highest BCUT2D eigenvalue weighted by Gasteiger charge is 2.27. The summed E-state index contributed by atoms with van der Waals surface area (Å²) in [6.07, 6.45) is 3.97. The van der Waals surface area contributed by atoms with Crippen LogP contribution in [-0.2, 0) is 6.42 Å². The molecule has 0 radical (unpaired) electrons. The van der Waals surface area contributed by atoms with Crippen molar-refractivity contribution in [2.45, 2.75) is 31.7 Å². The molecule has 1 heterocycles. The number of nitrogens with zero attached hydrogens (tertiary/aromatic N) is 2. The number of amides is 2. The number of benzene rings is 2. The molecule has 0 bridgehead atoms. The lowest BCUT2D eigenvalue weighted by Gasteiger charge is -2.37. The van der Waals surface area contributed by atoms with Gasteiger partial charge in [-0.1, -0.05) is 48.5 Å². The molecule has 0 atom stereocenters. The highest BCUT2D eigenvalue weighted by molar-refractivity contribution is 5.92. The van der Waals surface area contributed by atoms with Crippen molar-refractivity contribution >= 4 is 11.7 Å². The molecule has 2 amide bonds. The van der Waals surface area contributed by atoms with E-state index in [0.717, 1.165) is 44.5 Å². The minimum absolute atomic E-state index is 0.0267. The van der Waals surface area contributed by atoms with Gasteiger partial charge in [-0.25, -0.2) is 4.79 Å². The van der Waals surface area contributed by atoms with Crippen molar-refractivity contribution in [1.82, 2.24) is 10.2 Å². The molecule has 1 aliphatic heterocycles. The summed E-state index contributed by atoms with van der Waals surface area (Å²) in [5.74, 6) is 0. The zero-order valence-corrected chi connectivity index (χ0v) is 15.6. The third-order valence-corrected chi connectivity index (χ3v) is 5.07. The lowest BCUT2D eigenvalue weighted by molar-refractivity contribution is 0.227. The van der Waals surface area contributed by atoms with Gasteiger partial charge >= 0.3 is 6.03 Å². The lowest BCUT2D eigenvalue weighted by atomic mass is 10.0. The van der Waals surface area contributed by atoms with Crippen molar-refractivity contribution in [3.05, 3.63) is 66.2 Å². The van der Waals surface area contributed by atoms with E-state index in [4.69, 9.17) is 0 Å². The summed E-state index contributed by atoms with van der Waals surface area (Å²) in [5, 5.41) is 3.13. The highest BCUT2D eigenvalue weighted by Crippen LogP contribution is 2.23. The van der Waals surface area contributed by atoms with Gasteiger partial charge in [-0.3, -0.25) is 4.90 Å². The van der Waals surface area contributed by atoms with Gasteiger partial charge in [0.15, 0.2) is 0 Å². The second kappa shape index (κ2) is 9.39. The number of nitrogens with one attached hydrogen (secondary N) is 1. The van der Waals surface area contributed by atoms with Crippen LogP contribution in [0.15, 0.2) is 60.7 Å². The molecule has 1 saturated heterocycles. The quantitative estimate of drug-likeness (QED) is 0.801. The summed E-state index contributed by atoms with van der Waals surface area (Å²) in [6.45, 7) is 2.77. The predicted octanol–water partition coefficient (Wildman–Crippen LogP) is 3.93. The fourth-order valence-electron chi connectivity index (χ4n) is 3.55. The van der Waals surface area contributed by atoms with Crippen LogP contribution < -0.4 is 10.2 Å². The van der Waals surface area contributed by atoms with Crippen molar-refractivity contribution in [3.8, 4) is 0 Å². The maximum Gasteiger partial charge on any atom is 0.322 e. The fraction of sp³-hybridized carbons (Fsp3) is 0.409. The number of anilines is 1.